The zero-order chi connectivity index (χ0) is 16.8. The number of nitrogen functional groups attached to an aromatic ring is 1. The van der Waals surface area contributed by atoms with Crippen molar-refractivity contribution >= 4 is 29.1 Å². The van der Waals surface area contributed by atoms with E-state index in [1.807, 2.05) is 42.5 Å². The number of allylic oxidation sites excluding steroid dienone is 1. The second kappa shape index (κ2) is 7.24. The van der Waals surface area contributed by atoms with Crippen LogP contribution in [0.5, 0.6) is 0 Å². The Morgan fingerprint density at radius 1 is 1.00 bits per heavy atom. The van der Waals surface area contributed by atoms with Gasteiger partial charge in [-0.15, -0.1) is 0 Å². The maximum Gasteiger partial charge on any atom is 0.185 e. The molecule has 0 bridgehead atoms. The van der Waals surface area contributed by atoms with Gasteiger partial charge < -0.3 is 11.1 Å². The molecular formula is C20H17N3O. The van der Waals surface area contributed by atoms with Gasteiger partial charge in [0.1, 0.15) is 0 Å². The molecule has 3 rings (SSSR count). The summed E-state index contributed by atoms with van der Waals surface area (Å²) in [6.45, 7) is 0. The highest BCUT2D eigenvalue weighted by molar-refractivity contribution is 6.06. The molecule has 0 aliphatic carbocycles. The number of carbonyl (C=O) groups excluding carboxylic acids is 1. The topological polar surface area (TPSA) is 68.0 Å². The van der Waals surface area contributed by atoms with Gasteiger partial charge in [-0.2, -0.15) is 0 Å². The van der Waals surface area contributed by atoms with Crippen LogP contribution in [0.25, 0.3) is 6.08 Å². The number of nitrogens with two attached hydrogens (primary N) is 1. The van der Waals surface area contributed by atoms with E-state index in [0.717, 1.165) is 11.3 Å². The predicted octanol–water partition coefficient (Wildman–Crippen LogP) is 4.30. The van der Waals surface area contributed by atoms with Gasteiger partial charge in [-0.05, 0) is 35.9 Å². The largest absolute Gasteiger partial charge is 0.396 e. The zero-order valence-electron chi connectivity index (χ0n) is 13.0. The van der Waals surface area contributed by atoms with Crippen molar-refractivity contribution in [3.05, 3.63) is 90.1 Å². The van der Waals surface area contributed by atoms with E-state index >= 15 is 0 Å². The van der Waals surface area contributed by atoms with Crippen molar-refractivity contribution in [2.75, 3.05) is 11.1 Å². The van der Waals surface area contributed by atoms with Gasteiger partial charge in [0.2, 0.25) is 0 Å². The third kappa shape index (κ3) is 3.87. The minimum Gasteiger partial charge on any atom is -0.396 e. The van der Waals surface area contributed by atoms with E-state index in [1.54, 1.807) is 42.6 Å². The Balaban J connectivity index is 1.75. The van der Waals surface area contributed by atoms with Crippen molar-refractivity contribution < 1.29 is 4.79 Å². The number of hydrogen-bond donors (Lipinski definition) is 2. The van der Waals surface area contributed by atoms with Crippen LogP contribution < -0.4 is 11.1 Å². The molecule has 4 heteroatoms. The fourth-order valence-electron chi connectivity index (χ4n) is 2.25. The summed E-state index contributed by atoms with van der Waals surface area (Å²) < 4.78 is 0. The summed E-state index contributed by atoms with van der Waals surface area (Å²) in [6.07, 6.45) is 5.05. The molecule has 0 radical (unpaired) electrons. The smallest absolute Gasteiger partial charge is 0.185 e. The Morgan fingerprint density at radius 3 is 2.62 bits per heavy atom. The Kier molecular flexibility index (Phi) is 4.68. The minimum atomic E-state index is -0.0251. The van der Waals surface area contributed by atoms with Crippen LogP contribution in [0.2, 0.25) is 0 Å². The third-order valence-electron chi connectivity index (χ3n) is 3.47. The molecule has 0 spiro atoms. The molecule has 4 nitrogen and oxygen atoms in total. The number of ketones is 1. The van der Waals surface area contributed by atoms with Gasteiger partial charge in [-0.25, -0.2) is 4.98 Å². The fraction of sp³-hybridized carbons (Fsp3) is 0. The lowest BCUT2D eigenvalue weighted by Crippen LogP contribution is -1.98. The first-order valence-corrected chi connectivity index (χ1v) is 7.57. The van der Waals surface area contributed by atoms with Gasteiger partial charge in [-0.3, -0.25) is 4.79 Å². The van der Waals surface area contributed by atoms with E-state index in [4.69, 9.17) is 5.73 Å². The van der Waals surface area contributed by atoms with Crippen LogP contribution in [0.1, 0.15) is 15.9 Å². The number of carbonyl (C=O) groups is 1. The van der Waals surface area contributed by atoms with E-state index in [0.29, 0.717) is 17.1 Å². The van der Waals surface area contributed by atoms with Gasteiger partial charge in [0.25, 0.3) is 0 Å². The maximum atomic E-state index is 12.1. The summed E-state index contributed by atoms with van der Waals surface area (Å²) in [7, 11) is 0. The molecule has 1 aromatic heterocycles. The summed E-state index contributed by atoms with van der Waals surface area (Å²) in [5.74, 6) is 0.585. The van der Waals surface area contributed by atoms with E-state index in [1.165, 1.54) is 0 Å². The fourth-order valence-corrected chi connectivity index (χ4v) is 2.25. The number of rotatable bonds is 5. The second-order valence-electron chi connectivity index (χ2n) is 5.26. The number of hydrogen-bond acceptors (Lipinski definition) is 4. The summed E-state index contributed by atoms with van der Waals surface area (Å²) in [4.78, 5) is 16.3. The number of benzene rings is 2. The first-order valence-electron chi connectivity index (χ1n) is 7.57. The van der Waals surface area contributed by atoms with Crippen LogP contribution in [0.4, 0.5) is 17.2 Å². The van der Waals surface area contributed by atoms with Crippen LogP contribution in [0, 0.1) is 0 Å². The predicted molar refractivity (Wildman–Crippen MR) is 98.2 cm³/mol. The molecule has 0 atom stereocenters. The molecule has 0 saturated heterocycles. The Bertz CT molecular complexity index is 873. The zero-order valence-corrected chi connectivity index (χ0v) is 13.0. The quantitative estimate of drug-likeness (QED) is 0.544. The minimum absolute atomic E-state index is 0.0251. The number of nitrogens with one attached hydrogen (secondary N) is 1. The van der Waals surface area contributed by atoms with Crippen LogP contribution in [-0.2, 0) is 0 Å². The number of aromatic nitrogens is 1. The van der Waals surface area contributed by atoms with Gasteiger partial charge in [0.05, 0.1) is 5.69 Å². The van der Waals surface area contributed by atoms with E-state index in [-0.39, 0.29) is 5.78 Å². The monoisotopic (exact) mass is 315 g/mol. The highest BCUT2D eigenvalue weighted by Crippen LogP contribution is 2.21. The van der Waals surface area contributed by atoms with Crippen LogP contribution >= 0.6 is 0 Å². The number of anilines is 3. The van der Waals surface area contributed by atoms with Crippen molar-refractivity contribution in [3.8, 4) is 0 Å². The molecule has 0 saturated carbocycles. The van der Waals surface area contributed by atoms with E-state index in [2.05, 4.69) is 10.3 Å². The summed E-state index contributed by atoms with van der Waals surface area (Å²) in [6, 6.07) is 20.5. The normalized spacial score (nSPS) is 10.7. The average molecular weight is 315 g/mol. The standard InChI is InChI=1S/C20H17N3O/c21-18-10-5-13-22-20(18)23-17-9-4-6-15(14-17)11-12-19(24)16-7-2-1-3-8-16/h1-14H,21H2,(H,22,23). The van der Waals surface area contributed by atoms with Crippen molar-refractivity contribution in [1.29, 1.82) is 0 Å². The van der Waals surface area contributed by atoms with E-state index in [9.17, 15) is 4.79 Å². The molecule has 1 heterocycles. The van der Waals surface area contributed by atoms with Crippen molar-refractivity contribution in [2.24, 2.45) is 0 Å². The van der Waals surface area contributed by atoms with Gasteiger partial charge in [0, 0.05) is 17.4 Å². The highest BCUT2D eigenvalue weighted by atomic mass is 16.1. The molecule has 3 N–H and O–H groups in total. The number of pyridine rings is 1. The maximum absolute atomic E-state index is 12.1. The van der Waals surface area contributed by atoms with Crippen molar-refractivity contribution in [2.45, 2.75) is 0 Å². The first-order chi connectivity index (χ1) is 11.7. The van der Waals surface area contributed by atoms with Crippen molar-refractivity contribution in [1.82, 2.24) is 4.98 Å². The Morgan fingerprint density at radius 2 is 1.83 bits per heavy atom. The molecule has 2 aromatic carbocycles. The van der Waals surface area contributed by atoms with Crippen LogP contribution in [-0.4, -0.2) is 10.8 Å². The lowest BCUT2D eigenvalue weighted by atomic mass is 10.1. The SMILES string of the molecule is Nc1cccnc1Nc1cccc(C=CC(=O)c2ccccc2)c1. The molecular weight excluding hydrogens is 298 g/mol. The van der Waals surface area contributed by atoms with Crippen LogP contribution in [0.15, 0.2) is 79.0 Å². The highest BCUT2D eigenvalue weighted by Gasteiger charge is 2.02. The lowest BCUT2D eigenvalue weighted by molar-refractivity contribution is 0.104. The average Bonchev–Trinajstić information content (AvgIpc) is 2.63. The second-order valence-corrected chi connectivity index (χ2v) is 5.26. The third-order valence-corrected chi connectivity index (χ3v) is 3.47. The van der Waals surface area contributed by atoms with Crippen molar-refractivity contribution in [3.63, 3.8) is 0 Å². The lowest BCUT2D eigenvalue weighted by Gasteiger charge is -2.08. The summed E-state index contributed by atoms with van der Waals surface area (Å²) in [5.41, 5.74) is 8.91. The summed E-state index contributed by atoms with van der Waals surface area (Å²) >= 11 is 0. The van der Waals surface area contributed by atoms with Gasteiger partial charge >= 0.3 is 0 Å². The summed E-state index contributed by atoms with van der Waals surface area (Å²) in [5, 5.41) is 3.18. The van der Waals surface area contributed by atoms with E-state index < -0.39 is 0 Å². The van der Waals surface area contributed by atoms with Gasteiger partial charge in [-0.1, -0.05) is 48.5 Å². The molecule has 0 fully saturated rings. The van der Waals surface area contributed by atoms with Crippen LogP contribution in [0.3, 0.4) is 0 Å². The molecule has 0 unspecified atom stereocenters. The molecule has 0 aliphatic rings. The first kappa shape index (κ1) is 15.5. The molecule has 0 amide bonds. The molecule has 24 heavy (non-hydrogen) atoms. The molecule has 0 aliphatic heterocycles. The molecule has 118 valence electrons. The molecule has 3 aromatic rings. The Hall–Kier alpha value is -3.40. The Labute approximate surface area is 140 Å². The number of nitrogens with zero attached hydrogens (tertiary/aromatic N) is 1. The van der Waals surface area contributed by atoms with Gasteiger partial charge in [0.15, 0.2) is 11.6 Å².